The lowest BCUT2D eigenvalue weighted by atomic mass is 9.99. The molecule has 0 aliphatic carbocycles. The number of aromatic carboxylic acids is 1. The average Bonchev–Trinajstić information content (AvgIpc) is 2.73. The van der Waals surface area contributed by atoms with Crippen molar-refractivity contribution in [1.82, 2.24) is 0 Å². The molecule has 0 fully saturated rings. The molecule has 0 aliphatic rings. The number of fused-ring (bicyclic) bond motifs is 1. The molecule has 0 atom stereocenters. The summed E-state index contributed by atoms with van der Waals surface area (Å²) in [5.41, 5.74) is 1.99. The fraction of sp³-hybridized carbons (Fsp3) is 0. The Labute approximate surface area is 182 Å². The second kappa shape index (κ2) is 8.19. The molecule has 0 spiro atoms. The molecule has 0 heterocycles. The lowest BCUT2D eigenvalue weighted by molar-refractivity contribution is 0.0698. The predicted octanol–water partition coefficient (Wildman–Crippen LogP) is 6.76. The Hall–Kier alpha value is -3.34. The van der Waals surface area contributed by atoms with Crippen molar-refractivity contribution in [2.24, 2.45) is 0 Å². The van der Waals surface area contributed by atoms with E-state index in [4.69, 9.17) is 23.2 Å². The molecule has 0 radical (unpaired) electrons. The van der Waals surface area contributed by atoms with Crippen molar-refractivity contribution in [3.63, 3.8) is 0 Å². The van der Waals surface area contributed by atoms with Gasteiger partial charge in [-0.25, -0.2) is 4.79 Å². The van der Waals surface area contributed by atoms with Gasteiger partial charge in [0.05, 0.1) is 21.8 Å². The van der Waals surface area contributed by atoms with Crippen LogP contribution >= 0.6 is 23.2 Å². The van der Waals surface area contributed by atoms with Crippen LogP contribution < -0.4 is 5.32 Å². The Morgan fingerprint density at radius 3 is 2.17 bits per heavy atom. The summed E-state index contributed by atoms with van der Waals surface area (Å²) in [6.07, 6.45) is 0. The Kier molecular flexibility index (Phi) is 5.44. The number of rotatable bonds is 4. The Bertz CT molecular complexity index is 1300. The number of halogens is 2. The Balaban J connectivity index is 1.69. The van der Waals surface area contributed by atoms with E-state index >= 15 is 0 Å². The molecule has 0 aliphatic heterocycles. The smallest absolute Gasteiger partial charge is 0.337 e. The van der Waals surface area contributed by atoms with Crippen molar-refractivity contribution < 1.29 is 14.7 Å². The van der Waals surface area contributed by atoms with E-state index in [2.05, 4.69) is 5.32 Å². The molecule has 30 heavy (non-hydrogen) atoms. The van der Waals surface area contributed by atoms with E-state index in [-0.39, 0.29) is 21.8 Å². The average molecular weight is 436 g/mol. The summed E-state index contributed by atoms with van der Waals surface area (Å²) in [4.78, 5) is 24.4. The van der Waals surface area contributed by atoms with E-state index in [1.807, 2.05) is 42.5 Å². The van der Waals surface area contributed by atoms with E-state index in [1.54, 1.807) is 24.3 Å². The number of hydrogen-bond acceptors (Lipinski definition) is 2. The zero-order valence-corrected chi connectivity index (χ0v) is 17.0. The zero-order valence-electron chi connectivity index (χ0n) is 15.5. The van der Waals surface area contributed by atoms with Crippen LogP contribution in [-0.2, 0) is 0 Å². The number of carbonyl (C=O) groups is 2. The minimum Gasteiger partial charge on any atom is -0.478 e. The lowest BCUT2D eigenvalue weighted by Crippen LogP contribution is -2.15. The van der Waals surface area contributed by atoms with E-state index in [1.165, 1.54) is 12.1 Å². The van der Waals surface area contributed by atoms with Gasteiger partial charge in [-0.05, 0) is 58.3 Å². The maximum absolute atomic E-state index is 12.6. The van der Waals surface area contributed by atoms with Gasteiger partial charge < -0.3 is 10.4 Å². The predicted molar refractivity (Wildman–Crippen MR) is 121 cm³/mol. The molecule has 0 saturated heterocycles. The van der Waals surface area contributed by atoms with Gasteiger partial charge in [-0.2, -0.15) is 0 Å². The number of carbonyl (C=O) groups excluding carboxylic acids is 1. The Morgan fingerprint density at radius 2 is 1.43 bits per heavy atom. The van der Waals surface area contributed by atoms with Gasteiger partial charge in [0.1, 0.15) is 0 Å². The summed E-state index contributed by atoms with van der Waals surface area (Å²) in [6.45, 7) is 0. The van der Waals surface area contributed by atoms with E-state index in [0.29, 0.717) is 5.02 Å². The topological polar surface area (TPSA) is 66.4 Å². The molecule has 0 aromatic heterocycles. The SMILES string of the molecule is O=C(Nc1ccc(-c2ccc3ccccc3c2)cc1C(=O)O)c1ccc(Cl)cc1Cl. The van der Waals surface area contributed by atoms with E-state index < -0.39 is 11.9 Å². The molecule has 148 valence electrons. The van der Waals surface area contributed by atoms with Crippen molar-refractivity contribution in [2.75, 3.05) is 5.32 Å². The van der Waals surface area contributed by atoms with Gasteiger partial charge in [-0.1, -0.05) is 65.7 Å². The standard InChI is InChI=1S/C24H15Cl2NO3/c25-18-8-9-19(21(26)13-18)23(28)27-22-10-7-17(12-20(22)24(29)30)16-6-5-14-3-1-2-4-15(14)11-16/h1-13H,(H,27,28)(H,29,30). The number of carboxylic acid groups (broad SMARTS) is 1. The van der Waals surface area contributed by atoms with Gasteiger partial charge in [0.25, 0.3) is 5.91 Å². The van der Waals surface area contributed by atoms with Gasteiger partial charge in [0.15, 0.2) is 0 Å². The molecule has 4 aromatic rings. The highest BCUT2D eigenvalue weighted by molar-refractivity contribution is 6.37. The molecule has 1 amide bonds. The first-order valence-corrected chi connectivity index (χ1v) is 9.81. The summed E-state index contributed by atoms with van der Waals surface area (Å²) in [5.74, 6) is -1.66. The van der Waals surface area contributed by atoms with Crippen LogP contribution in [0.15, 0.2) is 78.9 Å². The second-order valence-electron chi connectivity index (χ2n) is 6.71. The van der Waals surface area contributed by atoms with Crippen molar-refractivity contribution in [2.45, 2.75) is 0 Å². The van der Waals surface area contributed by atoms with Crippen molar-refractivity contribution in [3.05, 3.63) is 100 Å². The largest absolute Gasteiger partial charge is 0.478 e. The number of benzene rings is 4. The van der Waals surface area contributed by atoms with E-state index in [9.17, 15) is 14.7 Å². The monoisotopic (exact) mass is 435 g/mol. The number of nitrogens with one attached hydrogen (secondary N) is 1. The molecular weight excluding hydrogens is 421 g/mol. The second-order valence-corrected chi connectivity index (χ2v) is 7.55. The summed E-state index contributed by atoms with van der Waals surface area (Å²) in [6, 6.07) is 23.3. The minimum atomic E-state index is -1.14. The van der Waals surface area contributed by atoms with Crippen LogP contribution in [0.1, 0.15) is 20.7 Å². The quantitative estimate of drug-likeness (QED) is 0.371. The van der Waals surface area contributed by atoms with Crippen molar-refractivity contribution in [3.8, 4) is 11.1 Å². The van der Waals surface area contributed by atoms with Crippen LogP contribution in [0.25, 0.3) is 21.9 Å². The molecule has 0 bridgehead atoms. The van der Waals surface area contributed by atoms with Gasteiger partial charge in [0.2, 0.25) is 0 Å². The molecule has 4 rings (SSSR count). The minimum absolute atomic E-state index is 0.0147. The molecule has 0 saturated carbocycles. The van der Waals surface area contributed by atoms with Crippen molar-refractivity contribution in [1.29, 1.82) is 0 Å². The van der Waals surface area contributed by atoms with Crippen molar-refractivity contribution >= 4 is 51.5 Å². The summed E-state index contributed by atoms with van der Waals surface area (Å²) in [7, 11) is 0. The number of amides is 1. The summed E-state index contributed by atoms with van der Waals surface area (Å²) >= 11 is 12.0. The van der Waals surface area contributed by atoms with Gasteiger partial charge in [-0.15, -0.1) is 0 Å². The summed E-state index contributed by atoms with van der Waals surface area (Å²) < 4.78 is 0. The molecule has 0 unspecified atom stereocenters. The molecule has 2 N–H and O–H groups in total. The van der Waals surface area contributed by atoms with Crippen LogP contribution in [0, 0.1) is 0 Å². The van der Waals surface area contributed by atoms with Crippen LogP contribution in [0.2, 0.25) is 10.0 Å². The molecular formula is C24H15Cl2NO3. The lowest BCUT2D eigenvalue weighted by Gasteiger charge is -2.12. The highest BCUT2D eigenvalue weighted by Gasteiger charge is 2.17. The van der Waals surface area contributed by atoms with Crippen LogP contribution in [0.4, 0.5) is 5.69 Å². The number of anilines is 1. The fourth-order valence-electron chi connectivity index (χ4n) is 3.24. The molecule has 4 nitrogen and oxygen atoms in total. The summed E-state index contributed by atoms with van der Waals surface area (Å²) in [5, 5.41) is 15.1. The van der Waals surface area contributed by atoms with Crippen LogP contribution in [0.5, 0.6) is 0 Å². The van der Waals surface area contributed by atoms with E-state index in [0.717, 1.165) is 21.9 Å². The molecule has 6 heteroatoms. The first kappa shape index (κ1) is 20.0. The number of hydrogen-bond donors (Lipinski definition) is 2. The van der Waals surface area contributed by atoms with Gasteiger partial charge in [-0.3, -0.25) is 4.79 Å². The Morgan fingerprint density at radius 1 is 0.733 bits per heavy atom. The fourth-order valence-corrected chi connectivity index (χ4v) is 3.74. The highest BCUT2D eigenvalue weighted by atomic mass is 35.5. The van der Waals surface area contributed by atoms with Crippen LogP contribution in [-0.4, -0.2) is 17.0 Å². The number of carboxylic acids is 1. The maximum atomic E-state index is 12.6. The zero-order chi connectivity index (χ0) is 21.3. The first-order valence-electron chi connectivity index (χ1n) is 9.05. The maximum Gasteiger partial charge on any atom is 0.337 e. The third kappa shape index (κ3) is 4.01. The first-order chi connectivity index (χ1) is 14.4. The van der Waals surface area contributed by atoms with Gasteiger partial charge in [0, 0.05) is 5.02 Å². The normalized spacial score (nSPS) is 10.7. The third-order valence-corrected chi connectivity index (χ3v) is 5.30. The highest BCUT2D eigenvalue weighted by Crippen LogP contribution is 2.29. The molecule has 4 aromatic carbocycles. The van der Waals surface area contributed by atoms with Crippen LogP contribution in [0.3, 0.4) is 0 Å². The van der Waals surface area contributed by atoms with Gasteiger partial charge >= 0.3 is 5.97 Å². The third-order valence-electron chi connectivity index (χ3n) is 4.76.